The Morgan fingerprint density at radius 3 is 2.45 bits per heavy atom. The Hall–Kier alpha value is -1.46. The SMILES string of the molecule is CCCN(CCNC(N)=NCCC(C)C)C(=O)OC(C)(C)C. The highest BCUT2D eigenvalue weighted by Crippen LogP contribution is 2.10. The van der Waals surface area contributed by atoms with Gasteiger partial charge >= 0.3 is 6.09 Å². The predicted molar refractivity (Wildman–Crippen MR) is 92.0 cm³/mol. The first kappa shape index (κ1) is 20.5. The van der Waals surface area contributed by atoms with E-state index in [-0.39, 0.29) is 6.09 Å². The van der Waals surface area contributed by atoms with Gasteiger partial charge in [-0.2, -0.15) is 0 Å². The second-order valence-electron chi connectivity index (χ2n) is 6.84. The summed E-state index contributed by atoms with van der Waals surface area (Å²) >= 11 is 0. The number of nitrogens with one attached hydrogen (secondary N) is 1. The number of nitrogens with zero attached hydrogens (tertiary/aromatic N) is 2. The Kier molecular flexibility index (Phi) is 9.61. The molecule has 0 atom stereocenters. The van der Waals surface area contributed by atoms with E-state index >= 15 is 0 Å². The second kappa shape index (κ2) is 10.3. The molecule has 6 nitrogen and oxygen atoms in total. The monoisotopic (exact) mass is 314 g/mol. The van der Waals surface area contributed by atoms with Gasteiger partial charge in [-0.15, -0.1) is 0 Å². The molecule has 0 aromatic heterocycles. The van der Waals surface area contributed by atoms with Crippen LogP contribution in [-0.4, -0.2) is 48.7 Å². The normalized spacial score (nSPS) is 12.4. The fourth-order valence-corrected chi connectivity index (χ4v) is 1.71. The minimum absolute atomic E-state index is 0.286. The van der Waals surface area contributed by atoms with Crippen molar-refractivity contribution >= 4 is 12.1 Å². The van der Waals surface area contributed by atoms with Crippen molar-refractivity contribution in [2.45, 2.75) is 60.0 Å². The molecule has 0 radical (unpaired) electrons. The smallest absolute Gasteiger partial charge is 0.410 e. The Bertz CT molecular complexity index is 349. The maximum absolute atomic E-state index is 12.1. The van der Waals surface area contributed by atoms with Crippen molar-refractivity contribution in [2.75, 3.05) is 26.2 Å². The first-order valence-electron chi connectivity index (χ1n) is 8.17. The maximum atomic E-state index is 12.1. The van der Waals surface area contributed by atoms with Gasteiger partial charge in [0.15, 0.2) is 5.96 Å². The largest absolute Gasteiger partial charge is 0.444 e. The lowest BCUT2D eigenvalue weighted by Gasteiger charge is -2.27. The molecule has 0 aliphatic heterocycles. The van der Waals surface area contributed by atoms with Gasteiger partial charge < -0.3 is 20.7 Å². The summed E-state index contributed by atoms with van der Waals surface area (Å²) in [6, 6.07) is 0. The van der Waals surface area contributed by atoms with Gasteiger partial charge in [-0.3, -0.25) is 4.99 Å². The zero-order chi connectivity index (χ0) is 17.2. The van der Waals surface area contributed by atoms with E-state index in [1.807, 2.05) is 27.7 Å². The van der Waals surface area contributed by atoms with E-state index in [1.165, 1.54) is 0 Å². The van der Waals surface area contributed by atoms with Crippen molar-refractivity contribution in [1.29, 1.82) is 0 Å². The van der Waals surface area contributed by atoms with Crippen LogP contribution in [0.1, 0.15) is 54.4 Å². The number of aliphatic imine (C=N–C) groups is 1. The molecule has 22 heavy (non-hydrogen) atoms. The van der Waals surface area contributed by atoms with Gasteiger partial charge in [0, 0.05) is 26.2 Å². The first-order chi connectivity index (χ1) is 10.2. The van der Waals surface area contributed by atoms with Gasteiger partial charge in [0.05, 0.1) is 0 Å². The Morgan fingerprint density at radius 1 is 1.32 bits per heavy atom. The highest BCUT2D eigenvalue weighted by atomic mass is 16.6. The van der Waals surface area contributed by atoms with E-state index in [9.17, 15) is 4.79 Å². The fourth-order valence-electron chi connectivity index (χ4n) is 1.71. The zero-order valence-electron chi connectivity index (χ0n) is 15.1. The van der Waals surface area contributed by atoms with Gasteiger partial charge in [-0.1, -0.05) is 20.8 Å². The van der Waals surface area contributed by atoms with Gasteiger partial charge in [0.1, 0.15) is 5.60 Å². The molecule has 0 saturated carbocycles. The molecule has 6 heteroatoms. The summed E-state index contributed by atoms with van der Waals surface area (Å²) in [6.45, 7) is 14.4. The van der Waals surface area contributed by atoms with Crippen LogP contribution in [0.2, 0.25) is 0 Å². The number of guanidine groups is 1. The van der Waals surface area contributed by atoms with Crippen LogP contribution in [0.3, 0.4) is 0 Å². The van der Waals surface area contributed by atoms with Crippen molar-refractivity contribution in [1.82, 2.24) is 10.2 Å². The van der Waals surface area contributed by atoms with Crippen LogP contribution in [0.15, 0.2) is 4.99 Å². The van der Waals surface area contributed by atoms with Crippen molar-refractivity contribution in [3.63, 3.8) is 0 Å². The minimum atomic E-state index is -0.478. The molecular weight excluding hydrogens is 280 g/mol. The van der Waals surface area contributed by atoms with Crippen LogP contribution in [-0.2, 0) is 4.74 Å². The highest BCUT2D eigenvalue weighted by Gasteiger charge is 2.21. The predicted octanol–water partition coefficient (Wildman–Crippen LogP) is 2.58. The van der Waals surface area contributed by atoms with E-state index in [2.05, 4.69) is 24.2 Å². The lowest BCUT2D eigenvalue weighted by molar-refractivity contribution is 0.0253. The standard InChI is InChI=1S/C16H34N4O2/c1-7-11-20(15(21)22-16(4,5)6)12-10-19-14(17)18-9-8-13(2)3/h13H,7-12H2,1-6H3,(H3,17,18,19). The molecular formula is C16H34N4O2. The molecule has 0 heterocycles. The van der Waals surface area contributed by atoms with E-state index in [4.69, 9.17) is 10.5 Å². The van der Waals surface area contributed by atoms with Crippen LogP contribution in [0, 0.1) is 5.92 Å². The molecule has 0 rings (SSSR count). The van der Waals surface area contributed by atoms with Crippen LogP contribution >= 0.6 is 0 Å². The number of amides is 1. The number of hydrogen-bond acceptors (Lipinski definition) is 3. The van der Waals surface area contributed by atoms with Crippen LogP contribution < -0.4 is 11.1 Å². The van der Waals surface area contributed by atoms with Crippen LogP contribution in [0.4, 0.5) is 4.79 Å². The number of rotatable bonds is 8. The molecule has 0 aromatic rings. The van der Waals surface area contributed by atoms with Crippen molar-refractivity contribution in [3.05, 3.63) is 0 Å². The second-order valence-corrected chi connectivity index (χ2v) is 6.84. The summed E-state index contributed by atoms with van der Waals surface area (Å²) < 4.78 is 5.40. The maximum Gasteiger partial charge on any atom is 0.410 e. The van der Waals surface area contributed by atoms with Crippen molar-refractivity contribution in [2.24, 2.45) is 16.6 Å². The number of hydrogen-bond donors (Lipinski definition) is 2. The highest BCUT2D eigenvalue weighted by molar-refractivity contribution is 5.77. The third-order valence-electron chi connectivity index (χ3n) is 2.82. The third-order valence-corrected chi connectivity index (χ3v) is 2.82. The molecule has 1 amide bonds. The van der Waals surface area contributed by atoms with Gasteiger partial charge in [-0.05, 0) is 39.5 Å². The number of ether oxygens (including phenoxy) is 1. The van der Waals surface area contributed by atoms with Crippen molar-refractivity contribution < 1.29 is 9.53 Å². The molecule has 130 valence electrons. The van der Waals surface area contributed by atoms with E-state index in [0.717, 1.165) is 19.4 Å². The Morgan fingerprint density at radius 2 is 1.95 bits per heavy atom. The fraction of sp³-hybridized carbons (Fsp3) is 0.875. The molecule has 0 saturated heterocycles. The number of carbonyl (C=O) groups excluding carboxylic acids is 1. The van der Waals surface area contributed by atoms with Crippen LogP contribution in [0.25, 0.3) is 0 Å². The number of nitrogens with two attached hydrogens (primary N) is 1. The Labute approximate surface area is 135 Å². The van der Waals surface area contributed by atoms with Crippen molar-refractivity contribution in [3.8, 4) is 0 Å². The first-order valence-corrected chi connectivity index (χ1v) is 8.17. The number of carbonyl (C=O) groups is 1. The average Bonchev–Trinajstić information content (AvgIpc) is 2.35. The molecule has 0 spiro atoms. The molecule has 0 unspecified atom stereocenters. The van der Waals surface area contributed by atoms with E-state index < -0.39 is 5.60 Å². The van der Waals surface area contributed by atoms with Gasteiger partial charge in [0.2, 0.25) is 0 Å². The molecule has 0 bridgehead atoms. The lowest BCUT2D eigenvalue weighted by Crippen LogP contribution is -2.43. The van der Waals surface area contributed by atoms with Gasteiger partial charge in [0.25, 0.3) is 0 Å². The average molecular weight is 314 g/mol. The molecule has 0 aliphatic rings. The third kappa shape index (κ3) is 11.2. The molecule has 0 aliphatic carbocycles. The quantitative estimate of drug-likeness (QED) is 0.533. The molecule has 3 N–H and O–H groups in total. The zero-order valence-corrected chi connectivity index (χ0v) is 15.1. The summed E-state index contributed by atoms with van der Waals surface area (Å²) in [6.07, 6.45) is 1.62. The summed E-state index contributed by atoms with van der Waals surface area (Å²) in [5.41, 5.74) is 5.32. The van der Waals surface area contributed by atoms with E-state index in [0.29, 0.717) is 31.5 Å². The topological polar surface area (TPSA) is 80.0 Å². The molecule has 0 fully saturated rings. The summed E-state index contributed by atoms with van der Waals surface area (Å²) in [4.78, 5) is 18.0. The summed E-state index contributed by atoms with van der Waals surface area (Å²) in [7, 11) is 0. The Balaban J connectivity index is 4.22. The van der Waals surface area contributed by atoms with Gasteiger partial charge in [-0.25, -0.2) is 4.79 Å². The summed E-state index contributed by atoms with van der Waals surface area (Å²) in [5, 5.41) is 3.04. The van der Waals surface area contributed by atoms with Crippen LogP contribution in [0.5, 0.6) is 0 Å². The summed E-state index contributed by atoms with van der Waals surface area (Å²) in [5.74, 6) is 1.05. The van der Waals surface area contributed by atoms with E-state index in [1.54, 1.807) is 4.90 Å². The minimum Gasteiger partial charge on any atom is -0.444 e. The lowest BCUT2D eigenvalue weighted by atomic mass is 10.1. The molecule has 0 aromatic carbocycles.